The molecule has 1 unspecified atom stereocenters. The summed E-state index contributed by atoms with van der Waals surface area (Å²) < 4.78 is 0. The van der Waals surface area contributed by atoms with Crippen LogP contribution in [0.15, 0.2) is 36.5 Å². The Morgan fingerprint density at radius 1 is 1.42 bits per heavy atom. The van der Waals surface area contributed by atoms with Crippen molar-refractivity contribution in [1.82, 2.24) is 15.2 Å². The van der Waals surface area contributed by atoms with E-state index >= 15 is 0 Å². The summed E-state index contributed by atoms with van der Waals surface area (Å²) in [5.41, 5.74) is 2.26. The van der Waals surface area contributed by atoms with E-state index in [1.807, 2.05) is 18.3 Å². The van der Waals surface area contributed by atoms with Gasteiger partial charge in [0.15, 0.2) is 0 Å². The van der Waals surface area contributed by atoms with E-state index in [4.69, 9.17) is 5.26 Å². The number of pyridine rings is 1. The lowest BCUT2D eigenvalue weighted by atomic mass is 10.1. The lowest BCUT2D eigenvalue weighted by molar-refractivity contribution is 0.189. The van der Waals surface area contributed by atoms with E-state index in [1.165, 1.54) is 5.56 Å². The second-order valence-electron chi connectivity index (χ2n) is 4.85. The highest BCUT2D eigenvalue weighted by molar-refractivity contribution is 5.78. The van der Waals surface area contributed by atoms with Crippen LogP contribution in [0.3, 0.4) is 0 Å². The fourth-order valence-electron chi connectivity index (χ4n) is 2.52. The number of hydrogen-bond donors (Lipinski definition) is 1. The van der Waals surface area contributed by atoms with Crippen LogP contribution in [0.5, 0.6) is 0 Å². The third-order valence-corrected chi connectivity index (χ3v) is 3.56. The molecule has 0 radical (unpaired) electrons. The first-order valence-corrected chi connectivity index (χ1v) is 6.55. The number of hydrogen-bond acceptors (Lipinski definition) is 4. The maximum absolute atomic E-state index is 9.17. The van der Waals surface area contributed by atoms with E-state index in [0.717, 1.165) is 37.1 Å². The van der Waals surface area contributed by atoms with Gasteiger partial charge in [-0.05, 0) is 23.8 Å². The summed E-state index contributed by atoms with van der Waals surface area (Å²) in [6, 6.07) is 12.7. The predicted octanol–water partition coefficient (Wildman–Crippen LogP) is 1.53. The van der Waals surface area contributed by atoms with Gasteiger partial charge >= 0.3 is 0 Å². The zero-order chi connectivity index (χ0) is 13.1. The molecule has 1 aliphatic rings. The van der Waals surface area contributed by atoms with Gasteiger partial charge in [0.2, 0.25) is 0 Å². The molecule has 1 atom stereocenters. The smallest absolute Gasteiger partial charge is 0.111 e. The van der Waals surface area contributed by atoms with Gasteiger partial charge in [0.1, 0.15) is 6.04 Å². The molecule has 4 heteroatoms. The van der Waals surface area contributed by atoms with Crippen LogP contribution < -0.4 is 5.32 Å². The summed E-state index contributed by atoms with van der Waals surface area (Å²) in [5, 5.41) is 13.6. The van der Waals surface area contributed by atoms with Gasteiger partial charge in [-0.2, -0.15) is 5.26 Å². The van der Waals surface area contributed by atoms with Crippen LogP contribution in [0.1, 0.15) is 5.56 Å². The van der Waals surface area contributed by atoms with Crippen LogP contribution in [0.2, 0.25) is 0 Å². The minimum Gasteiger partial charge on any atom is -0.313 e. The lowest BCUT2D eigenvalue weighted by Gasteiger charge is -2.31. The summed E-state index contributed by atoms with van der Waals surface area (Å²) in [5.74, 6) is 0. The minimum atomic E-state index is -0.0293. The number of benzene rings is 1. The monoisotopic (exact) mass is 252 g/mol. The third-order valence-electron chi connectivity index (χ3n) is 3.56. The Kier molecular flexibility index (Phi) is 3.41. The Hall–Kier alpha value is -1.96. The van der Waals surface area contributed by atoms with Crippen LogP contribution in [0.25, 0.3) is 10.9 Å². The molecule has 96 valence electrons. The molecule has 1 N–H and O–H groups in total. The largest absolute Gasteiger partial charge is 0.313 e. The molecule has 0 amide bonds. The first-order valence-electron chi connectivity index (χ1n) is 6.55. The van der Waals surface area contributed by atoms with Crippen molar-refractivity contribution >= 4 is 10.9 Å². The normalized spacial score (nSPS) is 20.3. The second-order valence-corrected chi connectivity index (χ2v) is 4.85. The average molecular weight is 252 g/mol. The number of nitrogens with one attached hydrogen (secondary N) is 1. The maximum Gasteiger partial charge on any atom is 0.111 e. The summed E-state index contributed by atoms with van der Waals surface area (Å²) in [4.78, 5) is 6.55. The number of fused-ring (bicyclic) bond motifs is 1. The fraction of sp³-hybridized carbons (Fsp3) is 0.333. The fourth-order valence-corrected chi connectivity index (χ4v) is 2.52. The molecule has 0 saturated carbocycles. The van der Waals surface area contributed by atoms with E-state index < -0.39 is 0 Å². The van der Waals surface area contributed by atoms with Crippen LogP contribution in [-0.4, -0.2) is 35.6 Å². The Morgan fingerprint density at radius 2 is 2.37 bits per heavy atom. The molecule has 1 fully saturated rings. The maximum atomic E-state index is 9.17. The molecular weight excluding hydrogens is 236 g/mol. The van der Waals surface area contributed by atoms with E-state index in [2.05, 4.69) is 39.5 Å². The summed E-state index contributed by atoms with van der Waals surface area (Å²) in [7, 11) is 0. The highest BCUT2D eigenvalue weighted by Crippen LogP contribution is 2.16. The van der Waals surface area contributed by atoms with E-state index in [1.54, 1.807) is 0 Å². The van der Waals surface area contributed by atoms with E-state index in [-0.39, 0.29) is 6.04 Å². The van der Waals surface area contributed by atoms with Gasteiger partial charge in [-0.1, -0.05) is 12.1 Å². The molecule has 3 rings (SSSR count). The second kappa shape index (κ2) is 5.35. The highest BCUT2D eigenvalue weighted by atomic mass is 15.2. The average Bonchev–Trinajstić information content (AvgIpc) is 2.48. The van der Waals surface area contributed by atoms with Gasteiger partial charge in [0.25, 0.3) is 0 Å². The zero-order valence-corrected chi connectivity index (χ0v) is 10.7. The number of aromatic nitrogens is 1. The van der Waals surface area contributed by atoms with Gasteiger partial charge < -0.3 is 5.32 Å². The van der Waals surface area contributed by atoms with Crippen molar-refractivity contribution in [2.45, 2.75) is 12.6 Å². The highest BCUT2D eigenvalue weighted by Gasteiger charge is 2.21. The van der Waals surface area contributed by atoms with Gasteiger partial charge in [-0.15, -0.1) is 0 Å². The van der Waals surface area contributed by atoms with Crippen molar-refractivity contribution in [3.05, 3.63) is 42.1 Å². The van der Waals surface area contributed by atoms with Crippen molar-refractivity contribution in [3.8, 4) is 6.07 Å². The molecule has 2 heterocycles. The van der Waals surface area contributed by atoms with Gasteiger partial charge in [-0.3, -0.25) is 9.88 Å². The molecule has 0 aliphatic carbocycles. The van der Waals surface area contributed by atoms with Crippen LogP contribution >= 0.6 is 0 Å². The molecule has 2 aromatic rings. The van der Waals surface area contributed by atoms with Gasteiger partial charge in [0, 0.05) is 37.8 Å². The first-order chi connectivity index (χ1) is 9.36. The van der Waals surface area contributed by atoms with Gasteiger partial charge in [0.05, 0.1) is 11.6 Å². The van der Waals surface area contributed by atoms with Crippen molar-refractivity contribution in [2.75, 3.05) is 19.6 Å². The summed E-state index contributed by atoms with van der Waals surface area (Å²) >= 11 is 0. The molecule has 1 aliphatic heterocycles. The topological polar surface area (TPSA) is 52.0 Å². The molecular formula is C15H16N4. The molecule has 0 bridgehead atoms. The predicted molar refractivity (Wildman–Crippen MR) is 74.4 cm³/mol. The van der Waals surface area contributed by atoms with E-state index in [9.17, 15) is 0 Å². The van der Waals surface area contributed by atoms with Gasteiger partial charge in [-0.25, -0.2) is 0 Å². The standard InChI is InChI=1S/C15H16N4/c16-9-14-10-17-6-7-19(14)11-12-3-4-15-13(8-12)2-1-5-18-15/h1-5,8,14,17H,6-7,10-11H2. The number of rotatable bonds is 2. The molecule has 19 heavy (non-hydrogen) atoms. The van der Waals surface area contributed by atoms with Crippen molar-refractivity contribution in [3.63, 3.8) is 0 Å². The van der Waals surface area contributed by atoms with Crippen molar-refractivity contribution < 1.29 is 0 Å². The van der Waals surface area contributed by atoms with Crippen molar-refractivity contribution in [2.24, 2.45) is 0 Å². The summed E-state index contributed by atoms with van der Waals surface area (Å²) in [6.45, 7) is 3.45. The Morgan fingerprint density at radius 3 is 3.26 bits per heavy atom. The molecule has 0 spiro atoms. The number of nitrogens with zero attached hydrogens (tertiary/aromatic N) is 3. The zero-order valence-electron chi connectivity index (χ0n) is 10.7. The Bertz CT molecular complexity index is 617. The SMILES string of the molecule is N#CC1CNCCN1Cc1ccc2ncccc2c1. The minimum absolute atomic E-state index is 0.0293. The third kappa shape index (κ3) is 2.58. The number of piperazine rings is 1. The molecule has 1 saturated heterocycles. The molecule has 1 aromatic carbocycles. The Labute approximate surface area is 112 Å². The van der Waals surface area contributed by atoms with Crippen molar-refractivity contribution in [1.29, 1.82) is 5.26 Å². The summed E-state index contributed by atoms with van der Waals surface area (Å²) in [6.07, 6.45) is 1.81. The lowest BCUT2D eigenvalue weighted by Crippen LogP contribution is -2.49. The quantitative estimate of drug-likeness (QED) is 0.880. The first kappa shape index (κ1) is 12.1. The Balaban J connectivity index is 1.82. The molecule has 1 aromatic heterocycles. The van der Waals surface area contributed by atoms with Crippen LogP contribution in [0.4, 0.5) is 0 Å². The van der Waals surface area contributed by atoms with E-state index in [0.29, 0.717) is 0 Å². The van der Waals surface area contributed by atoms with Crippen LogP contribution in [0, 0.1) is 11.3 Å². The molecule has 4 nitrogen and oxygen atoms in total. The number of nitriles is 1. The van der Waals surface area contributed by atoms with Crippen LogP contribution in [-0.2, 0) is 6.54 Å².